The van der Waals surface area contributed by atoms with Gasteiger partial charge >= 0.3 is 0 Å². The molecule has 1 atom stereocenters. The fourth-order valence-corrected chi connectivity index (χ4v) is 4.50. The molecule has 2 aromatic carbocycles. The van der Waals surface area contributed by atoms with Gasteiger partial charge in [-0.2, -0.15) is 0 Å². The van der Waals surface area contributed by atoms with Crippen LogP contribution in [0.2, 0.25) is 0 Å². The van der Waals surface area contributed by atoms with Gasteiger partial charge in [0.05, 0.1) is 13.2 Å². The summed E-state index contributed by atoms with van der Waals surface area (Å²) in [5, 5.41) is 3.13. The van der Waals surface area contributed by atoms with Gasteiger partial charge < -0.3 is 15.0 Å². The number of hydrogen-bond acceptors (Lipinski definition) is 4. The Labute approximate surface area is 184 Å². The average Bonchev–Trinajstić information content (AvgIpc) is 3.47. The van der Waals surface area contributed by atoms with Crippen molar-refractivity contribution in [3.63, 3.8) is 0 Å². The number of likely N-dealkylation sites (tertiary alicyclic amines) is 2. The first kappa shape index (κ1) is 21.4. The van der Waals surface area contributed by atoms with Crippen LogP contribution in [-0.4, -0.2) is 54.9 Å². The minimum Gasteiger partial charge on any atom is -0.497 e. The van der Waals surface area contributed by atoms with E-state index < -0.39 is 0 Å². The predicted molar refractivity (Wildman–Crippen MR) is 120 cm³/mol. The van der Waals surface area contributed by atoms with Crippen LogP contribution in [0.1, 0.15) is 53.2 Å². The second kappa shape index (κ2) is 9.96. The Morgan fingerprint density at radius 2 is 1.84 bits per heavy atom. The monoisotopic (exact) mass is 421 g/mol. The molecule has 2 aliphatic heterocycles. The molecule has 0 aromatic heterocycles. The van der Waals surface area contributed by atoms with Gasteiger partial charge in [-0.25, -0.2) is 0 Å². The highest BCUT2D eigenvalue weighted by atomic mass is 16.5. The number of nitrogens with zero attached hydrogens (tertiary/aromatic N) is 2. The van der Waals surface area contributed by atoms with Crippen molar-refractivity contribution < 1.29 is 14.3 Å². The van der Waals surface area contributed by atoms with Gasteiger partial charge in [-0.15, -0.1) is 0 Å². The molecule has 2 fully saturated rings. The number of carbonyl (C=O) groups is 2. The van der Waals surface area contributed by atoms with Crippen LogP contribution >= 0.6 is 0 Å². The van der Waals surface area contributed by atoms with Crippen LogP contribution in [0.15, 0.2) is 48.5 Å². The lowest BCUT2D eigenvalue weighted by atomic mass is 10.0. The van der Waals surface area contributed by atoms with Gasteiger partial charge in [0.25, 0.3) is 5.91 Å². The molecule has 2 aliphatic rings. The molecule has 2 amide bonds. The molecule has 31 heavy (non-hydrogen) atoms. The third kappa shape index (κ3) is 5.25. The zero-order valence-corrected chi connectivity index (χ0v) is 18.2. The minimum absolute atomic E-state index is 0.0732. The summed E-state index contributed by atoms with van der Waals surface area (Å²) in [5.74, 6) is 0.975. The van der Waals surface area contributed by atoms with Crippen molar-refractivity contribution in [1.82, 2.24) is 15.1 Å². The summed E-state index contributed by atoms with van der Waals surface area (Å²) >= 11 is 0. The van der Waals surface area contributed by atoms with Crippen LogP contribution in [0.25, 0.3) is 0 Å². The molecule has 4 rings (SSSR count). The number of carbonyl (C=O) groups excluding carboxylic acids is 2. The van der Waals surface area contributed by atoms with Crippen molar-refractivity contribution in [3.05, 3.63) is 65.2 Å². The molecule has 2 heterocycles. The Bertz CT molecular complexity index is 906. The first-order valence-corrected chi connectivity index (χ1v) is 11.2. The van der Waals surface area contributed by atoms with Crippen LogP contribution in [0.3, 0.4) is 0 Å². The maximum absolute atomic E-state index is 12.8. The Kier molecular flexibility index (Phi) is 6.87. The van der Waals surface area contributed by atoms with Gasteiger partial charge in [0.2, 0.25) is 5.91 Å². The van der Waals surface area contributed by atoms with E-state index in [0.29, 0.717) is 25.1 Å². The van der Waals surface area contributed by atoms with Crippen molar-refractivity contribution in [3.8, 4) is 5.75 Å². The summed E-state index contributed by atoms with van der Waals surface area (Å²) < 4.78 is 5.40. The Hall–Kier alpha value is -2.86. The molecular weight excluding hydrogens is 390 g/mol. The topological polar surface area (TPSA) is 61.9 Å². The van der Waals surface area contributed by atoms with E-state index in [0.717, 1.165) is 42.9 Å². The lowest BCUT2D eigenvalue weighted by molar-refractivity contribution is -0.128. The molecule has 0 spiro atoms. The summed E-state index contributed by atoms with van der Waals surface area (Å²) in [6.07, 6.45) is 3.96. The molecule has 1 unspecified atom stereocenters. The van der Waals surface area contributed by atoms with Crippen LogP contribution in [0.5, 0.6) is 5.75 Å². The number of ether oxygens (including phenoxy) is 1. The Balaban J connectivity index is 1.39. The summed E-state index contributed by atoms with van der Waals surface area (Å²) in [5.41, 5.74) is 2.85. The number of methoxy groups -OCH3 is 1. The normalized spacial score (nSPS) is 17.7. The van der Waals surface area contributed by atoms with Gasteiger partial charge in [0.15, 0.2) is 0 Å². The first-order valence-electron chi connectivity index (χ1n) is 11.2. The second-order valence-electron chi connectivity index (χ2n) is 8.36. The SMILES string of the molecule is COc1cccc(C(CNC(=O)c2ccc(CN3CCCC3=O)cc2)N2CCCC2)c1. The highest BCUT2D eigenvalue weighted by molar-refractivity contribution is 5.94. The second-order valence-corrected chi connectivity index (χ2v) is 8.36. The van der Waals surface area contributed by atoms with Crippen molar-refractivity contribution in [2.75, 3.05) is 33.3 Å². The number of nitrogens with one attached hydrogen (secondary N) is 1. The van der Waals surface area contributed by atoms with Crippen LogP contribution in [0, 0.1) is 0 Å². The average molecular weight is 422 g/mol. The van der Waals surface area contributed by atoms with Crippen molar-refractivity contribution in [2.45, 2.75) is 38.3 Å². The summed E-state index contributed by atoms with van der Waals surface area (Å²) in [7, 11) is 1.68. The molecule has 0 aliphatic carbocycles. The van der Waals surface area contributed by atoms with Crippen LogP contribution in [0.4, 0.5) is 0 Å². The third-order valence-corrected chi connectivity index (χ3v) is 6.28. The van der Waals surface area contributed by atoms with Crippen molar-refractivity contribution >= 4 is 11.8 Å². The predicted octanol–water partition coefficient (Wildman–Crippen LogP) is 3.38. The fourth-order valence-electron chi connectivity index (χ4n) is 4.50. The van der Waals surface area contributed by atoms with Crippen molar-refractivity contribution in [2.24, 2.45) is 0 Å². The maximum Gasteiger partial charge on any atom is 0.251 e. The van der Waals surface area contributed by atoms with E-state index in [4.69, 9.17) is 4.74 Å². The smallest absolute Gasteiger partial charge is 0.251 e. The van der Waals surface area contributed by atoms with E-state index in [-0.39, 0.29) is 17.9 Å². The summed E-state index contributed by atoms with van der Waals surface area (Å²) in [6, 6.07) is 15.8. The first-order chi connectivity index (χ1) is 15.1. The molecule has 1 N–H and O–H groups in total. The third-order valence-electron chi connectivity index (χ3n) is 6.28. The van der Waals surface area contributed by atoms with E-state index in [1.807, 2.05) is 41.3 Å². The highest BCUT2D eigenvalue weighted by Crippen LogP contribution is 2.27. The van der Waals surface area contributed by atoms with E-state index in [9.17, 15) is 9.59 Å². The van der Waals surface area contributed by atoms with Crippen molar-refractivity contribution in [1.29, 1.82) is 0 Å². The lowest BCUT2D eigenvalue weighted by Gasteiger charge is -2.28. The molecular formula is C25H31N3O3. The van der Waals surface area contributed by atoms with Gasteiger partial charge in [0, 0.05) is 31.6 Å². The number of benzene rings is 2. The molecule has 0 radical (unpaired) electrons. The molecule has 0 saturated carbocycles. The van der Waals surface area contributed by atoms with Gasteiger partial charge in [-0.3, -0.25) is 14.5 Å². The number of rotatable bonds is 8. The summed E-state index contributed by atoms with van der Waals surface area (Å²) in [4.78, 5) is 28.9. The van der Waals surface area contributed by atoms with E-state index in [1.165, 1.54) is 12.8 Å². The molecule has 6 heteroatoms. The molecule has 2 saturated heterocycles. The standard InChI is InChI=1S/C25H31N3O3/c1-31-22-7-4-6-21(16-22)23(27-13-2-3-14-27)17-26-25(30)20-11-9-19(10-12-20)18-28-15-5-8-24(28)29/h4,6-7,9-12,16,23H,2-3,5,8,13-15,17-18H2,1H3,(H,26,30). The van der Waals surface area contributed by atoms with E-state index in [1.54, 1.807) is 7.11 Å². The minimum atomic E-state index is -0.0732. The van der Waals surface area contributed by atoms with Crippen LogP contribution in [-0.2, 0) is 11.3 Å². The van der Waals surface area contributed by atoms with Gasteiger partial charge in [0.1, 0.15) is 5.75 Å². The highest BCUT2D eigenvalue weighted by Gasteiger charge is 2.25. The van der Waals surface area contributed by atoms with Gasteiger partial charge in [-0.1, -0.05) is 24.3 Å². The van der Waals surface area contributed by atoms with Gasteiger partial charge in [-0.05, 0) is 67.7 Å². The largest absolute Gasteiger partial charge is 0.497 e. The molecule has 164 valence electrons. The summed E-state index contributed by atoms with van der Waals surface area (Å²) in [6.45, 7) is 4.08. The zero-order chi connectivity index (χ0) is 21.6. The van der Waals surface area contributed by atoms with E-state index in [2.05, 4.69) is 22.3 Å². The van der Waals surface area contributed by atoms with E-state index >= 15 is 0 Å². The Morgan fingerprint density at radius 3 is 2.52 bits per heavy atom. The molecule has 6 nitrogen and oxygen atoms in total. The fraction of sp³-hybridized carbons (Fsp3) is 0.440. The zero-order valence-electron chi connectivity index (χ0n) is 18.2. The van der Waals surface area contributed by atoms with Crippen LogP contribution < -0.4 is 10.1 Å². The Morgan fingerprint density at radius 1 is 1.06 bits per heavy atom. The number of amides is 2. The lowest BCUT2D eigenvalue weighted by Crippen LogP contribution is -2.36. The quantitative estimate of drug-likeness (QED) is 0.710. The molecule has 2 aromatic rings. The molecule has 0 bridgehead atoms. The maximum atomic E-state index is 12.8. The number of hydrogen-bond donors (Lipinski definition) is 1.